The summed E-state index contributed by atoms with van der Waals surface area (Å²) in [4.78, 5) is -2.23. The molecule has 0 saturated heterocycles. The summed E-state index contributed by atoms with van der Waals surface area (Å²) in [5, 5.41) is 0. The highest BCUT2D eigenvalue weighted by Crippen LogP contribution is 2.66. The lowest BCUT2D eigenvalue weighted by atomic mass is 9.99. The van der Waals surface area contributed by atoms with E-state index < -0.39 is 16.8 Å². The molecule has 1 aromatic carbocycles. The molecule has 0 saturated carbocycles. The monoisotopic (exact) mass is 440 g/mol. The van der Waals surface area contributed by atoms with Gasteiger partial charge in [-0.25, -0.2) is 0 Å². The Morgan fingerprint density at radius 1 is 0.579 bits per heavy atom. The molecule has 0 fully saturated rings. The number of halogens is 9. The van der Waals surface area contributed by atoms with E-state index in [1.54, 1.807) is 30.3 Å². The van der Waals surface area contributed by atoms with Gasteiger partial charge in [0.25, 0.3) is 0 Å². The van der Waals surface area contributed by atoms with E-state index in [4.69, 9.17) is 104 Å². The van der Waals surface area contributed by atoms with Crippen molar-refractivity contribution in [2.24, 2.45) is 0 Å². The third-order valence-electron chi connectivity index (χ3n) is 2.35. The minimum absolute atomic E-state index is 0.325. The number of hydrogen-bond acceptors (Lipinski definition) is 0. The van der Waals surface area contributed by atoms with Crippen molar-refractivity contribution in [2.75, 3.05) is 0 Å². The van der Waals surface area contributed by atoms with E-state index in [1.807, 2.05) is 0 Å². The Kier molecular flexibility index (Phi) is 6.10. The van der Waals surface area contributed by atoms with E-state index in [1.165, 1.54) is 0 Å². The fourth-order valence-electron chi connectivity index (χ4n) is 1.36. The Hall–Kier alpha value is 1.83. The second kappa shape index (κ2) is 6.14. The highest BCUT2D eigenvalue weighted by atomic mass is 35.6. The van der Waals surface area contributed by atoms with Crippen LogP contribution < -0.4 is 0 Å². The minimum Gasteiger partial charge on any atom is -0.106 e. The van der Waals surface area contributed by atoms with Crippen LogP contribution in [0.15, 0.2) is 30.3 Å². The molecule has 1 aromatic rings. The van der Waals surface area contributed by atoms with E-state index in [0.29, 0.717) is 5.56 Å². The first-order valence-electron chi connectivity index (χ1n) is 4.61. The Labute approximate surface area is 156 Å². The summed E-state index contributed by atoms with van der Waals surface area (Å²) < 4.78 is -6.47. The van der Waals surface area contributed by atoms with E-state index in [-0.39, 0.29) is 0 Å². The van der Waals surface area contributed by atoms with Gasteiger partial charge in [-0.1, -0.05) is 123 Å². The second-order valence-corrected chi connectivity index (χ2v) is 10.1. The van der Waals surface area contributed by atoms with E-state index >= 15 is 0 Å². The lowest BCUT2D eigenvalue weighted by Gasteiger charge is -2.46. The van der Waals surface area contributed by atoms with Gasteiger partial charge in [0.05, 0.1) is 0 Å². The van der Waals surface area contributed by atoms with Crippen LogP contribution in [0.1, 0.15) is 5.56 Å². The van der Waals surface area contributed by atoms with E-state index in [2.05, 4.69) is 0 Å². The zero-order chi connectivity index (χ0) is 15.1. The summed E-state index contributed by atoms with van der Waals surface area (Å²) in [7, 11) is 0. The van der Waals surface area contributed by atoms with Crippen LogP contribution in [0, 0.1) is 0 Å². The molecule has 0 bridgehead atoms. The summed E-state index contributed by atoms with van der Waals surface area (Å²) >= 11 is 53.8. The van der Waals surface area contributed by atoms with Crippen molar-refractivity contribution >= 4 is 104 Å². The highest BCUT2D eigenvalue weighted by molar-refractivity contribution is 6.79. The number of alkyl halides is 9. The molecule has 0 amide bonds. The van der Waals surface area contributed by atoms with E-state index in [0.717, 1.165) is 0 Å². The quantitative estimate of drug-likeness (QED) is 0.430. The van der Waals surface area contributed by atoms with Crippen molar-refractivity contribution in [3.63, 3.8) is 0 Å². The molecule has 0 heterocycles. The first kappa shape index (κ1) is 18.9. The molecule has 0 unspecified atom stereocenters. The van der Waals surface area contributed by atoms with Crippen molar-refractivity contribution in [1.82, 2.24) is 0 Å². The maximum absolute atomic E-state index is 6.26. The van der Waals surface area contributed by atoms with Gasteiger partial charge in [0.1, 0.15) is 0 Å². The van der Waals surface area contributed by atoms with Crippen molar-refractivity contribution in [3.05, 3.63) is 35.9 Å². The number of hydrogen-bond donors (Lipinski definition) is 0. The number of rotatable bonds is 2. The van der Waals surface area contributed by atoms with Crippen LogP contribution in [0.5, 0.6) is 0 Å². The molecule has 9 heteroatoms. The average Bonchev–Trinajstić information content (AvgIpc) is 2.26. The highest BCUT2D eigenvalue weighted by Gasteiger charge is 2.71. The molecule has 0 nitrogen and oxygen atoms in total. The zero-order valence-corrected chi connectivity index (χ0v) is 15.6. The first-order chi connectivity index (χ1) is 8.36. The lowest BCUT2D eigenvalue weighted by Crippen LogP contribution is -2.58. The maximum Gasteiger partial charge on any atom is 0.216 e. The lowest BCUT2D eigenvalue weighted by molar-refractivity contribution is 0.531. The average molecular weight is 444 g/mol. The van der Waals surface area contributed by atoms with Gasteiger partial charge >= 0.3 is 0 Å². The van der Waals surface area contributed by atoms with Gasteiger partial charge in [-0.05, 0) is 5.56 Å². The Balaban J connectivity index is 3.51. The second-order valence-electron chi connectivity index (χ2n) is 3.59. The van der Waals surface area contributed by atoms with Crippen LogP contribution in [-0.2, 0) is 4.33 Å². The Morgan fingerprint density at radius 3 is 1.26 bits per heavy atom. The van der Waals surface area contributed by atoms with Gasteiger partial charge in [-0.3, -0.25) is 0 Å². The van der Waals surface area contributed by atoms with Crippen molar-refractivity contribution in [1.29, 1.82) is 0 Å². The van der Waals surface area contributed by atoms with Crippen LogP contribution in [0.2, 0.25) is 0 Å². The van der Waals surface area contributed by atoms with Crippen molar-refractivity contribution in [2.45, 2.75) is 16.8 Å². The molecule has 0 N–H and O–H groups in total. The smallest absolute Gasteiger partial charge is 0.106 e. The Bertz CT molecular complexity index is 415. The molecule has 1 rings (SSSR count). The third-order valence-corrected chi connectivity index (χ3v) is 6.68. The van der Waals surface area contributed by atoms with Gasteiger partial charge in [0.15, 0.2) is 9.21 Å². The van der Waals surface area contributed by atoms with Crippen molar-refractivity contribution in [3.8, 4) is 0 Å². The third kappa shape index (κ3) is 3.44. The summed E-state index contributed by atoms with van der Waals surface area (Å²) in [6.07, 6.45) is 0. The van der Waals surface area contributed by atoms with Crippen LogP contribution in [-0.4, -0.2) is 12.5 Å². The fourth-order valence-corrected chi connectivity index (χ4v) is 5.01. The van der Waals surface area contributed by atoms with Gasteiger partial charge in [0, 0.05) is 0 Å². The van der Waals surface area contributed by atoms with Crippen LogP contribution in [0.25, 0.3) is 0 Å². The molecule has 19 heavy (non-hydrogen) atoms. The molecule has 0 aliphatic carbocycles. The predicted octanol–water partition coefficient (Wildman–Crippen LogP) is 7.04. The standard InChI is InChI=1S/C10H5Cl9/c11-7(12,6-4-2-1-3-5-6)8(13,9(14,15)16)10(17,18)19/h1-5H. The maximum atomic E-state index is 6.26. The molecular weight excluding hydrogens is 439 g/mol. The van der Waals surface area contributed by atoms with E-state index in [9.17, 15) is 0 Å². The topological polar surface area (TPSA) is 0 Å². The number of benzene rings is 1. The predicted molar refractivity (Wildman–Crippen MR) is 89.0 cm³/mol. The van der Waals surface area contributed by atoms with Crippen LogP contribution in [0.4, 0.5) is 0 Å². The first-order valence-corrected chi connectivity index (χ1v) is 8.01. The van der Waals surface area contributed by atoms with Crippen LogP contribution in [0.3, 0.4) is 0 Å². The van der Waals surface area contributed by atoms with Gasteiger partial charge in [0.2, 0.25) is 7.59 Å². The molecule has 0 aliphatic heterocycles. The van der Waals surface area contributed by atoms with Crippen molar-refractivity contribution < 1.29 is 0 Å². The van der Waals surface area contributed by atoms with Gasteiger partial charge in [-0.2, -0.15) is 0 Å². The summed E-state index contributed by atoms with van der Waals surface area (Å²) in [5.74, 6) is 0. The Morgan fingerprint density at radius 2 is 0.947 bits per heavy atom. The van der Waals surface area contributed by atoms with Crippen LogP contribution >= 0.6 is 104 Å². The molecule has 0 spiro atoms. The largest absolute Gasteiger partial charge is 0.216 e. The molecule has 0 aromatic heterocycles. The molecule has 0 atom stereocenters. The molecule has 108 valence electrons. The molecule has 0 aliphatic rings. The minimum atomic E-state index is -2.25. The van der Waals surface area contributed by atoms with Gasteiger partial charge < -0.3 is 0 Å². The summed E-state index contributed by atoms with van der Waals surface area (Å²) in [6.45, 7) is 0. The molecular formula is C10H5Cl9. The SMILES string of the molecule is ClC(Cl)(Cl)C(Cl)(C(Cl)(Cl)Cl)C(Cl)(Cl)c1ccccc1. The summed E-state index contributed by atoms with van der Waals surface area (Å²) in [5.41, 5.74) is 0.325. The van der Waals surface area contributed by atoms with Gasteiger partial charge in [-0.15, -0.1) is 11.6 Å². The fraction of sp³-hybridized carbons (Fsp3) is 0.400. The molecule has 0 radical (unpaired) electrons. The normalized spacial score (nSPS) is 14.6. The zero-order valence-electron chi connectivity index (χ0n) is 8.79. The summed E-state index contributed by atoms with van der Waals surface area (Å²) in [6, 6.07) is 8.23.